The van der Waals surface area contributed by atoms with E-state index in [2.05, 4.69) is 28.2 Å². The second-order valence-electron chi connectivity index (χ2n) is 4.69. The largest absolute Gasteiger partial charge is 0.326 e. The molecule has 0 atom stereocenters. The molecule has 0 aliphatic rings. The predicted octanol–water partition coefficient (Wildman–Crippen LogP) is 4.58. The van der Waals surface area contributed by atoms with Gasteiger partial charge in [-0.2, -0.15) is 0 Å². The normalized spacial score (nSPS) is 10.3. The Balaban J connectivity index is 1.95. The van der Waals surface area contributed by atoms with Crippen LogP contribution in [0.3, 0.4) is 0 Å². The Bertz CT molecular complexity index is 581. The maximum Gasteiger partial charge on any atom is 0.224 e. The summed E-state index contributed by atoms with van der Waals surface area (Å²) in [6.45, 7) is 2.08. The van der Waals surface area contributed by atoms with Gasteiger partial charge in [-0.1, -0.05) is 53.2 Å². The topological polar surface area (TPSA) is 29.1 Å². The van der Waals surface area contributed by atoms with Crippen molar-refractivity contribution in [2.24, 2.45) is 0 Å². The van der Waals surface area contributed by atoms with Crippen molar-refractivity contribution in [1.29, 1.82) is 0 Å². The number of nitrogens with one attached hydrogen (secondary N) is 1. The number of anilines is 1. The van der Waals surface area contributed by atoms with Crippen molar-refractivity contribution in [3.63, 3.8) is 0 Å². The SMILES string of the molecule is CCc1cc(Br)ccc1NC(=O)CCc1ccccc1. The van der Waals surface area contributed by atoms with Crippen molar-refractivity contribution in [3.8, 4) is 0 Å². The van der Waals surface area contributed by atoms with E-state index in [1.807, 2.05) is 48.5 Å². The molecule has 0 unspecified atom stereocenters. The van der Waals surface area contributed by atoms with Gasteiger partial charge in [0.25, 0.3) is 0 Å². The third-order valence-corrected chi connectivity index (χ3v) is 3.70. The molecule has 20 heavy (non-hydrogen) atoms. The molecular formula is C17H18BrNO. The molecule has 1 amide bonds. The lowest BCUT2D eigenvalue weighted by Gasteiger charge is -2.10. The Labute approximate surface area is 128 Å². The Morgan fingerprint density at radius 3 is 2.60 bits per heavy atom. The van der Waals surface area contributed by atoms with Crippen LogP contribution in [-0.4, -0.2) is 5.91 Å². The fourth-order valence-electron chi connectivity index (χ4n) is 2.09. The van der Waals surface area contributed by atoms with Gasteiger partial charge in [0.05, 0.1) is 0 Å². The average Bonchev–Trinajstić information content (AvgIpc) is 2.48. The fraction of sp³-hybridized carbons (Fsp3) is 0.235. The van der Waals surface area contributed by atoms with Gasteiger partial charge in [-0.25, -0.2) is 0 Å². The minimum Gasteiger partial charge on any atom is -0.326 e. The monoisotopic (exact) mass is 331 g/mol. The number of aryl methyl sites for hydroxylation is 2. The Hall–Kier alpha value is -1.61. The zero-order valence-electron chi connectivity index (χ0n) is 11.5. The molecule has 1 N–H and O–H groups in total. The summed E-state index contributed by atoms with van der Waals surface area (Å²) in [5, 5.41) is 3.00. The van der Waals surface area contributed by atoms with E-state index in [0.717, 1.165) is 28.6 Å². The zero-order valence-corrected chi connectivity index (χ0v) is 13.1. The number of carbonyl (C=O) groups is 1. The van der Waals surface area contributed by atoms with Crippen LogP contribution in [0.4, 0.5) is 5.69 Å². The summed E-state index contributed by atoms with van der Waals surface area (Å²) in [6.07, 6.45) is 2.17. The molecule has 0 saturated carbocycles. The highest BCUT2D eigenvalue weighted by molar-refractivity contribution is 9.10. The summed E-state index contributed by atoms with van der Waals surface area (Å²) >= 11 is 3.45. The quantitative estimate of drug-likeness (QED) is 0.853. The highest BCUT2D eigenvalue weighted by Crippen LogP contribution is 2.21. The third-order valence-electron chi connectivity index (χ3n) is 3.21. The summed E-state index contributed by atoms with van der Waals surface area (Å²) in [4.78, 5) is 12.0. The molecule has 0 bridgehead atoms. The predicted molar refractivity (Wildman–Crippen MR) is 86.9 cm³/mol. The van der Waals surface area contributed by atoms with Crippen LogP contribution in [-0.2, 0) is 17.6 Å². The summed E-state index contributed by atoms with van der Waals surface area (Å²) in [5.74, 6) is 0.0610. The lowest BCUT2D eigenvalue weighted by molar-refractivity contribution is -0.116. The lowest BCUT2D eigenvalue weighted by atomic mass is 10.1. The van der Waals surface area contributed by atoms with Crippen LogP contribution >= 0.6 is 15.9 Å². The number of carbonyl (C=O) groups excluding carboxylic acids is 1. The maximum absolute atomic E-state index is 12.0. The summed E-state index contributed by atoms with van der Waals surface area (Å²) in [7, 11) is 0. The molecule has 0 aromatic heterocycles. The van der Waals surface area contributed by atoms with E-state index >= 15 is 0 Å². The van der Waals surface area contributed by atoms with Gasteiger partial charge in [0.1, 0.15) is 0 Å². The van der Waals surface area contributed by atoms with E-state index in [1.165, 1.54) is 5.56 Å². The first-order valence-corrected chi connectivity index (χ1v) is 7.60. The molecule has 2 aromatic rings. The Morgan fingerprint density at radius 2 is 1.90 bits per heavy atom. The van der Waals surface area contributed by atoms with Gasteiger partial charge in [0.15, 0.2) is 0 Å². The standard InChI is InChI=1S/C17H18BrNO/c1-2-14-12-15(18)9-10-16(14)19-17(20)11-8-13-6-4-3-5-7-13/h3-7,9-10,12H,2,8,11H2,1H3,(H,19,20). The number of amides is 1. The van der Waals surface area contributed by atoms with Crippen molar-refractivity contribution in [3.05, 3.63) is 64.1 Å². The van der Waals surface area contributed by atoms with Crippen molar-refractivity contribution < 1.29 is 4.79 Å². The molecule has 2 aromatic carbocycles. The number of hydrogen-bond acceptors (Lipinski definition) is 1. The van der Waals surface area contributed by atoms with Gasteiger partial charge < -0.3 is 5.32 Å². The van der Waals surface area contributed by atoms with Crippen LogP contribution in [0, 0.1) is 0 Å². The third kappa shape index (κ3) is 4.20. The summed E-state index contributed by atoms with van der Waals surface area (Å²) in [6, 6.07) is 16.0. The molecule has 2 rings (SSSR count). The second-order valence-corrected chi connectivity index (χ2v) is 5.60. The molecule has 3 heteroatoms. The van der Waals surface area contributed by atoms with Crippen molar-refractivity contribution in [2.45, 2.75) is 26.2 Å². The van der Waals surface area contributed by atoms with Crippen molar-refractivity contribution in [1.82, 2.24) is 0 Å². The van der Waals surface area contributed by atoms with Crippen LogP contribution in [0.1, 0.15) is 24.5 Å². The molecule has 0 heterocycles. The van der Waals surface area contributed by atoms with E-state index < -0.39 is 0 Å². The Morgan fingerprint density at radius 1 is 1.15 bits per heavy atom. The average molecular weight is 332 g/mol. The molecule has 2 nitrogen and oxygen atoms in total. The van der Waals surface area contributed by atoms with E-state index in [0.29, 0.717) is 6.42 Å². The van der Waals surface area contributed by atoms with E-state index in [1.54, 1.807) is 0 Å². The number of hydrogen-bond donors (Lipinski definition) is 1. The van der Waals surface area contributed by atoms with Crippen molar-refractivity contribution >= 4 is 27.5 Å². The molecule has 0 saturated heterocycles. The van der Waals surface area contributed by atoms with Gasteiger partial charge in [0.2, 0.25) is 5.91 Å². The van der Waals surface area contributed by atoms with Crippen LogP contribution in [0.15, 0.2) is 53.0 Å². The first-order chi connectivity index (χ1) is 9.69. The van der Waals surface area contributed by atoms with Crippen molar-refractivity contribution in [2.75, 3.05) is 5.32 Å². The molecule has 0 aliphatic heterocycles. The summed E-state index contributed by atoms with van der Waals surface area (Å²) < 4.78 is 1.04. The number of benzene rings is 2. The minimum absolute atomic E-state index is 0.0610. The van der Waals surface area contributed by atoms with Gasteiger partial charge in [0, 0.05) is 16.6 Å². The van der Waals surface area contributed by atoms with E-state index in [9.17, 15) is 4.79 Å². The smallest absolute Gasteiger partial charge is 0.224 e. The fourth-order valence-corrected chi connectivity index (χ4v) is 2.50. The molecular weight excluding hydrogens is 314 g/mol. The molecule has 104 valence electrons. The lowest BCUT2D eigenvalue weighted by Crippen LogP contribution is -2.13. The molecule has 0 fully saturated rings. The number of rotatable bonds is 5. The molecule has 0 aliphatic carbocycles. The van der Waals surface area contributed by atoms with Gasteiger partial charge >= 0.3 is 0 Å². The molecule has 0 radical (unpaired) electrons. The van der Waals surface area contributed by atoms with Crippen LogP contribution in [0.25, 0.3) is 0 Å². The van der Waals surface area contributed by atoms with Gasteiger partial charge in [-0.05, 0) is 42.2 Å². The van der Waals surface area contributed by atoms with Gasteiger partial charge in [-0.15, -0.1) is 0 Å². The van der Waals surface area contributed by atoms with Crippen LogP contribution in [0.2, 0.25) is 0 Å². The number of halogens is 1. The highest BCUT2D eigenvalue weighted by Gasteiger charge is 2.06. The van der Waals surface area contributed by atoms with E-state index in [4.69, 9.17) is 0 Å². The second kappa shape index (κ2) is 7.25. The highest BCUT2D eigenvalue weighted by atomic mass is 79.9. The van der Waals surface area contributed by atoms with Gasteiger partial charge in [-0.3, -0.25) is 4.79 Å². The zero-order chi connectivity index (χ0) is 14.4. The summed E-state index contributed by atoms with van der Waals surface area (Å²) in [5.41, 5.74) is 3.25. The van der Waals surface area contributed by atoms with Crippen LogP contribution < -0.4 is 5.32 Å². The maximum atomic E-state index is 12.0. The first-order valence-electron chi connectivity index (χ1n) is 6.81. The Kier molecular flexibility index (Phi) is 5.36. The molecule has 0 spiro atoms. The van der Waals surface area contributed by atoms with E-state index in [-0.39, 0.29) is 5.91 Å². The first kappa shape index (κ1) is 14.8. The van der Waals surface area contributed by atoms with Crippen LogP contribution in [0.5, 0.6) is 0 Å². The minimum atomic E-state index is 0.0610.